The zero-order valence-electron chi connectivity index (χ0n) is 18.0. The molecule has 1 aromatic rings. The predicted octanol–water partition coefficient (Wildman–Crippen LogP) is 3.82. The average Bonchev–Trinajstić information content (AvgIpc) is 3.20. The zero-order valence-corrected chi connectivity index (χ0v) is 18.0. The van der Waals surface area contributed by atoms with Crippen LogP contribution in [0.1, 0.15) is 63.2 Å². The molecule has 2 aliphatic rings. The van der Waals surface area contributed by atoms with Crippen molar-refractivity contribution in [3.8, 4) is 0 Å². The van der Waals surface area contributed by atoms with E-state index in [2.05, 4.69) is 22.5 Å². The third-order valence-corrected chi connectivity index (χ3v) is 5.76. The smallest absolute Gasteiger partial charge is 0.253 e. The summed E-state index contributed by atoms with van der Waals surface area (Å²) in [6.07, 6.45) is 4.87. The Morgan fingerprint density at radius 3 is 2.62 bits per heavy atom. The Balaban J connectivity index is 1.76. The highest BCUT2D eigenvalue weighted by Gasteiger charge is 2.23. The van der Waals surface area contributed by atoms with E-state index < -0.39 is 0 Å². The molecule has 3 rings (SSSR count). The van der Waals surface area contributed by atoms with Crippen molar-refractivity contribution in [2.24, 2.45) is 11.8 Å². The number of hydrogen-bond acceptors (Lipinski definition) is 4. The summed E-state index contributed by atoms with van der Waals surface area (Å²) in [5.74, 6) is 0.885. The number of carbonyl (C=O) groups is 2. The van der Waals surface area contributed by atoms with E-state index in [1.54, 1.807) is 0 Å². The SMILES string of the molecule is CC(C)CC(=O)Nc1ccc(N2CCC(C)CC2)c(C(=O)NC[C@H]2CCCO2)c1. The standard InChI is InChI=1S/C23H35N3O3/c1-16(2)13-22(27)25-18-6-7-21(26-10-8-17(3)9-11-26)20(14-18)23(28)24-15-19-5-4-12-29-19/h6-7,14,16-17,19H,4-5,8-13,15H2,1-3H3,(H,24,28)(H,25,27)/t19-/m1/s1. The minimum absolute atomic E-state index is 0.0229. The van der Waals surface area contributed by atoms with Gasteiger partial charge >= 0.3 is 0 Å². The molecule has 0 unspecified atom stereocenters. The van der Waals surface area contributed by atoms with Crippen molar-refractivity contribution < 1.29 is 14.3 Å². The Kier molecular flexibility index (Phi) is 7.53. The van der Waals surface area contributed by atoms with E-state index in [1.807, 2.05) is 32.0 Å². The minimum Gasteiger partial charge on any atom is -0.376 e. The number of anilines is 2. The summed E-state index contributed by atoms with van der Waals surface area (Å²) >= 11 is 0. The van der Waals surface area contributed by atoms with Crippen molar-refractivity contribution in [1.29, 1.82) is 0 Å². The molecule has 6 heteroatoms. The van der Waals surface area contributed by atoms with Crippen LogP contribution in [0.3, 0.4) is 0 Å². The fourth-order valence-corrected chi connectivity index (χ4v) is 4.01. The quantitative estimate of drug-likeness (QED) is 0.729. The molecule has 2 fully saturated rings. The molecule has 0 saturated carbocycles. The van der Waals surface area contributed by atoms with Gasteiger partial charge in [-0.3, -0.25) is 9.59 Å². The maximum atomic E-state index is 13.0. The van der Waals surface area contributed by atoms with Crippen LogP contribution >= 0.6 is 0 Å². The second-order valence-electron chi connectivity index (χ2n) is 8.89. The van der Waals surface area contributed by atoms with Gasteiger partial charge in [0.2, 0.25) is 5.91 Å². The summed E-state index contributed by atoms with van der Waals surface area (Å²) in [7, 11) is 0. The van der Waals surface area contributed by atoms with Crippen molar-refractivity contribution >= 4 is 23.2 Å². The van der Waals surface area contributed by atoms with Gasteiger partial charge in [0.1, 0.15) is 0 Å². The van der Waals surface area contributed by atoms with E-state index in [0.29, 0.717) is 30.1 Å². The van der Waals surface area contributed by atoms with Gasteiger partial charge in [-0.25, -0.2) is 0 Å². The fraction of sp³-hybridized carbons (Fsp3) is 0.652. The van der Waals surface area contributed by atoms with Crippen LogP contribution in [0.25, 0.3) is 0 Å². The molecule has 2 heterocycles. The highest BCUT2D eigenvalue weighted by molar-refractivity contribution is 6.02. The molecular formula is C23H35N3O3. The van der Waals surface area contributed by atoms with E-state index in [0.717, 1.165) is 57.0 Å². The molecule has 0 radical (unpaired) electrons. The lowest BCUT2D eigenvalue weighted by Crippen LogP contribution is -2.36. The number of nitrogens with zero attached hydrogens (tertiary/aromatic N) is 1. The number of carbonyl (C=O) groups excluding carboxylic acids is 2. The zero-order chi connectivity index (χ0) is 20.8. The van der Waals surface area contributed by atoms with Gasteiger partial charge in [0.25, 0.3) is 5.91 Å². The Labute approximate surface area is 174 Å². The first kappa shape index (κ1) is 21.6. The summed E-state index contributed by atoms with van der Waals surface area (Å²) in [4.78, 5) is 27.5. The molecule has 2 aliphatic heterocycles. The van der Waals surface area contributed by atoms with Crippen LogP contribution < -0.4 is 15.5 Å². The van der Waals surface area contributed by atoms with Crippen molar-refractivity contribution in [1.82, 2.24) is 5.32 Å². The predicted molar refractivity (Wildman–Crippen MR) is 116 cm³/mol. The molecule has 29 heavy (non-hydrogen) atoms. The van der Waals surface area contributed by atoms with E-state index in [-0.39, 0.29) is 17.9 Å². The summed E-state index contributed by atoms with van der Waals surface area (Å²) in [6.45, 7) is 9.51. The number of amides is 2. The Morgan fingerprint density at radius 2 is 1.97 bits per heavy atom. The maximum absolute atomic E-state index is 13.0. The first-order valence-electron chi connectivity index (χ1n) is 11.0. The van der Waals surface area contributed by atoms with Crippen LogP contribution in [0.5, 0.6) is 0 Å². The van der Waals surface area contributed by atoms with Crippen LogP contribution in [-0.4, -0.2) is 44.2 Å². The molecule has 1 aromatic carbocycles. The second-order valence-corrected chi connectivity index (χ2v) is 8.89. The lowest BCUT2D eigenvalue weighted by Gasteiger charge is -2.33. The van der Waals surface area contributed by atoms with Crippen LogP contribution in [0.15, 0.2) is 18.2 Å². The summed E-state index contributed by atoms with van der Waals surface area (Å²) in [6, 6.07) is 5.70. The van der Waals surface area contributed by atoms with Gasteiger partial charge in [0.05, 0.1) is 11.7 Å². The highest BCUT2D eigenvalue weighted by atomic mass is 16.5. The van der Waals surface area contributed by atoms with Crippen LogP contribution in [0.4, 0.5) is 11.4 Å². The molecular weight excluding hydrogens is 366 g/mol. The number of nitrogens with one attached hydrogen (secondary N) is 2. The molecule has 2 amide bonds. The van der Waals surface area contributed by atoms with Gasteiger partial charge in [-0.2, -0.15) is 0 Å². The molecule has 160 valence electrons. The van der Waals surface area contributed by atoms with Crippen molar-refractivity contribution in [3.05, 3.63) is 23.8 Å². The van der Waals surface area contributed by atoms with Gasteiger partial charge in [-0.05, 0) is 55.7 Å². The third kappa shape index (κ3) is 6.20. The molecule has 0 aliphatic carbocycles. The van der Waals surface area contributed by atoms with E-state index >= 15 is 0 Å². The van der Waals surface area contributed by atoms with E-state index in [4.69, 9.17) is 4.74 Å². The molecule has 6 nitrogen and oxygen atoms in total. The normalized spacial score (nSPS) is 20.1. The number of hydrogen-bond donors (Lipinski definition) is 2. The summed E-state index contributed by atoms with van der Waals surface area (Å²) in [5.41, 5.74) is 2.25. The van der Waals surface area contributed by atoms with Gasteiger partial charge in [0.15, 0.2) is 0 Å². The molecule has 2 saturated heterocycles. The lowest BCUT2D eigenvalue weighted by molar-refractivity contribution is -0.116. The Bertz CT molecular complexity index is 705. The largest absolute Gasteiger partial charge is 0.376 e. The molecule has 2 N–H and O–H groups in total. The van der Waals surface area contributed by atoms with E-state index in [1.165, 1.54) is 0 Å². The third-order valence-electron chi connectivity index (χ3n) is 5.76. The molecule has 0 aromatic heterocycles. The van der Waals surface area contributed by atoms with E-state index in [9.17, 15) is 9.59 Å². The molecule has 1 atom stereocenters. The minimum atomic E-state index is -0.103. The van der Waals surface area contributed by atoms with Crippen molar-refractivity contribution in [2.75, 3.05) is 36.5 Å². The monoisotopic (exact) mass is 401 g/mol. The summed E-state index contributed by atoms with van der Waals surface area (Å²) < 4.78 is 5.63. The Hall–Kier alpha value is -2.08. The first-order valence-corrected chi connectivity index (χ1v) is 11.0. The van der Waals surface area contributed by atoms with Crippen LogP contribution in [0.2, 0.25) is 0 Å². The Morgan fingerprint density at radius 1 is 1.21 bits per heavy atom. The number of rotatable bonds is 7. The number of piperidine rings is 1. The average molecular weight is 402 g/mol. The highest BCUT2D eigenvalue weighted by Crippen LogP contribution is 2.29. The van der Waals surface area contributed by atoms with Crippen molar-refractivity contribution in [3.63, 3.8) is 0 Å². The lowest BCUT2D eigenvalue weighted by atomic mass is 9.97. The first-order chi connectivity index (χ1) is 13.9. The van der Waals surface area contributed by atoms with Crippen LogP contribution in [0, 0.1) is 11.8 Å². The number of benzene rings is 1. The van der Waals surface area contributed by atoms with Gasteiger partial charge < -0.3 is 20.3 Å². The van der Waals surface area contributed by atoms with Crippen LogP contribution in [-0.2, 0) is 9.53 Å². The fourth-order valence-electron chi connectivity index (χ4n) is 4.01. The summed E-state index contributed by atoms with van der Waals surface area (Å²) in [5, 5.41) is 5.98. The topological polar surface area (TPSA) is 70.7 Å². The number of ether oxygens (including phenoxy) is 1. The second kappa shape index (κ2) is 10.1. The maximum Gasteiger partial charge on any atom is 0.253 e. The van der Waals surface area contributed by atoms with Gasteiger partial charge in [-0.15, -0.1) is 0 Å². The van der Waals surface area contributed by atoms with Gasteiger partial charge in [-0.1, -0.05) is 20.8 Å². The molecule has 0 bridgehead atoms. The van der Waals surface area contributed by atoms with Gasteiger partial charge in [0, 0.05) is 44.0 Å². The molecule has 0 spiro atoms. The van der Waals surface area contributed by atoms with Crippen molar-refractivity contribution in [2.45, 2.75) is 59.0 Å².